The number of pyridine rings is 1. The average Bonchev–Trinajstić information content (AvgIpc) is 3.51. The Morgan fingerprint density at radius 1 is 1.06 bits per heavy atom. The molecule has 1 amide bonds. The van der Waals surface area contributed by atoms with E-state index in [0.717, 1.165) is 35.4 Å². The number of halogens is 1. The first-order valence-corrected chi connectivity index (χ1v) is 11.9. The first-order valence-electron chi connectivity index (χ1n) is 11.9. The monoisotopic (exact) mass is 481 g/mol. The lowest BCUT2D eigenvalue weighted by molar-refractivity contribution is -0.121. The molecule has 0 saturated carbocycles. The number of rotatable bonds is 7. The maximum atomic E-state index is 13.8. The summed E-state index contributed by atoms with van der Waals surface area (Å²) in [6, 6.07) is 18.8. The Labute approximate surface area is 207 Å². The Kier molecular flexibility index (Phi) is 5.79. The minimum Gasteiger partial charge on any atom is -0.443 e. The summed E-state index contributed by atoms with van der Waals surface area (Å²) < 4.78 is 21.0. The summed E-state index contributed by atoms with van der Waals surface area (Å²) in [6.45, 7) is 2.42. The van der Waals surface area contributed by atoms with Gasteiger partial charge in [0.25, 0.3) is 0 Å². The molecule has 2 N–H and O–H groups in total. The second kappa shape index (κ2) is 9.39. The highest BCUT2D eigenvalue weighted by Crippen LogP contribution is 2.28. The van der Waals surface area contributed by atoms with Crippen LogP contribution < -0.4 is 10.6 Å². The van der Waals surface area contributed by atoms with Crippen molar-refractivity contribution in [2.75, 3.05) is 13.1 Å². The van der Waals surface area contributed by atoms with Gasteiger partial charge in [-0.25, -0.2) is 9.37 Å². The predicted molar refractivity (Wildman–Crippen MR) is 135 cm³/mol. The smallest absolute Gasteiger partial charge is 0.243 e. The summed E-state index contributed by atoms with van der Waals surface area (Å²) in [5, 5.41) is 6.90. The number of nitrogens with one attached hydrogen (secondary N) is 2. The Balaban J connectivity index is 1.13. The normalized spacial score (nSPS) is 13.6. The molecule has 180 valence electrons. The molecule has 0 spiro atoms. The molecule has 7 nitrogen and oxygen atoms in total. The molecular weight excluding hydrogens is 457 g/mol. The van der Waals surface area contributed by atoms with E-state index in [-0.39, 0.29) is 18.3 Å². The van der Waals surface area contributed by atoms with Crippen LogP contribution in [0.25, 0.3) is 33.6 Å². The van der Waals surface area contributed by atoms with Gasteiger partial charge < -0.3 is 19.6 Å². The number of carbonyl (C=O) groups excluding carboxylic acids is 1. The fourth-order valence-corrected chi connectivity index (χ4v) is 4.50. The largest absolute Gasteiger partial charge is 0.443 e. The van der Waals surface area contributed by atoms with Crippen LogP contribution in [0.2, 0.25) is 0 Å². The number of carbonyl (C=O) groups is 1. The third-order valence-electron chi connectivity index (χ3n) is 6.60. The van der Waals surface area contributed by atoms with Gasteiger partial charge in [-0.3, -0.25) is 9.78 Å². The van der Waals surface area contributed by atoms with E-state index < -0.39 is 0 Å². The summed E-state index contributed by atoms with van der Waals surface area (Å²) in [7, 11) is 0. The molecule has 0 radical (unpaired) electrons. The third-order valence-corrected chi connectivity index (χ3v) is 6.60. The van der Waals surface area contributed by atoms with Crippen LogP contribution in [-0.2, 0) is 17.9 Å². The van der Waals surface area contributed by atoms with Crippen molar-refractivity contribution in [1.82, 2.24) is 25.2 Å². The molecule has 0 unspecified atom stereocenters. The minimum atomic E-state index is -0.343. The lowest BCUT2D eigenvalue weighted by atomic mass is 9.92. The highest BCUT2D eigenvalue weighted by atomic mass is 19.1. The maximum absolute atomic E-state index is 13.8. The fourth-order valence-electron chi connectivity index (χ4n) is 4.50. The van der Waals surface area contributed by atoms with Gasteiger partial charge in [0.2, 0.25) is 11.8 Å². The number of amides is 1. The zero-order valence-electron chi connectivity index (χ0n) is 19.4. The Morgan fingerprint density at radius 3 is 2.58 bits per heavy atom. The van der Waals surface area contributed by atoms with Gasteiger partial charge in [0.1, 0.15) is 24.3 Å². The van der Waals surface area contributed by atoms with Crippen LogP contribution in [0, 0.1) is 5.82 Å². The number of benzene rings is 2. The quantitative estimate of drug-likeness (QED) is 0.358. The molecule has 8 heteroatoms. The van der Waals surface area contributed by atoms with Crippen LogP contribution in [0.5, 0.6) is 0 Å². The molecule has 1 aliphatic heterocycles. The van der Waals surface area contributed by atoms with E-state index in [9.17, 15) is 9.18 Å². The summed E-state index contributed by atoms with van der Waals surface area (Å²) >= 11 is 0. The van der Waals surface area contributed by atoms with Crippen molar-refractivity contribution in [3.8, 4) is 22.7 Å². The van der Waals surface area contributed by atoms with Gasteiger partial charge in [-0.2, -0.15) is 0 Å². The van der Waals surface area contributed by atoms with E-state index in [4.69, 9.17) is 4.42 Å². The van der Waals surface area contributed by atoms with Crippen molar-refractivity contribution in [2.45, 2.75) is 19.0 Å². The number of oxazole rings is 1. The highest BCUT2D eigenvalue weighted by molar-refractivity contribution is 5.88. The van der Waals surface area contributed by atoms with Gasteiger partial charge in [0, 0.05) is 41.7 Å². The average molecular weight is 482 g/mol. The van der Waals surface area contributed by atoms with Crippen molar-refractivity contribution in [2.24, 2.45) is 0 Å². The van der Waals surface area contributed by atoms with E-state index in [1.54, 1.807) is 16.7 Å². The molecule has 1 fully saturated rings. The first-order chi connectivity index (χ1) is 17.6. The summed E-state index contributed by atoms with van der Waals surface area (Å²) in [6.07, 6.45) is 4.83. The van der Waals surface area contributed by atoms with Gasteiger partial charge in [-0.1, -0.05) is 30.3 Å². The molecule has 0 aliphatic carbocycles. The van der Waals surface area contributed by atoms with Gasteiger partial charge >= 0.3 is 0 Å². The molecule has 4 heterocycles. The number of nitrogens with zero attached hydrogens (tertiary/aromatic N) is 3. The van der Waals surface area contributed by atoms with E-state index in [2.05, 4.69) is 44.9 Å². The molecule has 6 rings (SSSR count). The van der Waals surface area contributed by atoms with Crippen molar-refractivity contribution in [3.63, 3.8) is 0 Å². The lowest BCUT2D eigenvalue weighted by Gasteiger charge is -2.27. The van der Waals surface area contributed by atoms with Crippen LogP contribution in [0.4, 0.5) is 4.39 Å². The number of hydrogen-bond acceptors (Lipinski definition) is 5. The summed E-state index contributed by atoms with van der Waals surface area (Å²) in [4.78, 5) is 21.6. The number of hydrogen-bond donors (Lipinski definition) is 2. The molecule has 5 aromatic rings. The molecule has 36 heavy (non-hydrogen) atoms. The van der Waals surface area contributed by atoms with Crippen LogP contribution in [-0.4, -0.2) is 33.5 Å². The standard InChI is InChI=1S/C28H24FN5O2/c29-23-6-8-25-21(11-23)12-26(28-31-9-10-36-28)34(25)17-27(35)33-16-24-7-5-20(15-32-24)18-1-3-19(4-2-18)22-13-30-14-22/h1-12,15,22,30H,13-14,16-17H2,(H,33,35). The lowest BCUT2D eigenvalue weighted by Crippen LogP contribution is -2.39. The van der Waals surface area contributed by atoms with E-state index in [1.807, 2.05) is 18.3 Å². The third kappa shape index (κ3) is 4.38. The summed E-state index contributed by atoms with van der Waals surface area (Å²) in [5.41, 5.74) is 5.60. The van der Waals surface area contributed by atoms with Gasteiger partial charge in [0.05, 0.1) is 18.4 Å². The Bertz CT molecular complexity index is 1500. The topological polar surface area (TPSA) is 85.0 Å². The van der Waals surface area contributed by atoms with Gasteiger partial charge in [-0.15, -0.1) is 0 Å². The molecule has 1 aliphatic rings. The first kappa shape index (κ1) is 22.2. The SMILES string of the molecule is O=C(Cn1c(-c2ncco2)cc2cc(F)ccc21)NCc1ccc(-c2ccc(C3CNC3)cc2)cn1. The van der Waals surface area contributed by atoms with Crippen LogP contribution in [0.3, 0.4) is 0 Å². The van der Waals surface area contributed by atoms with Crippen molar-refractivity contribution >= 4 is 16.8 Å². The van der Waals surface area contributed by atoms with Gasteiger partial charge in [-0.05, 0) is 41.5 Å². The van der Waals surface area contributed by atoms with Crippen LogP contribution in [0.15, 0.2) is 83.7 Å². The van der Waals surface area contributed by atoms with Crippen LogP contribution in [0.1, 0.15) is 17.2 Å². The van der Waals surface area contributed by atoms with E-state index in [1.165, 1.54) is 30.2 Å². The molecule has 2 aromatic carbocycles. The highest BCUT2D eigenvalue weighted by Gasteiger charge is 2.19. The molecule has 1 saturated heterocycles. The van der Waals surface area contributed by atoms with E-state index >= 15 is 0 Å². The molecule has 3 aromatic heterocycles. The second-order valence-corrected chi connectivity index (χ2v) is 8.95. The van der Waals surface area contributed by atoms with Crippen molar-refractivity contribution in [3.05, 3.63) is 96.4 Å². The van der Waals surface area contributed by atoms with Gasteiger partial charge in [0.15, 0.2) is 0 Å². The second-order valence-electron chi connectivity index (χ2n) is 8.95. The molecular formula is C28H24FN5O2. The maximum Gasteiger partial charge on any atom is 0.243 e. The minimum absolute atomic E-state index is 0.0355. The van der Waals surface area contributed by atoms with Crippen molar-refractivity contribution in [1.29, 1.82) is 0 Å². The molecule has 0 bridgehead atoms. The fraction of sp³-hybridized carbons (Fsp3) is 0.179. The molecule has 0 atom stereocenters. The predicted octanol–water partition coefficient (Wildman–Crippen LogP) is 4.50. The zero-order chi connectivity index (χ0) is 24.5. The Hall–Kier alpha value is -4.30. The number of fused-ring (bicyclic) bond motifs is 1. The van der Waals surface area contributed by atoms with E-state index in [0.29, 0.717) is 29.4 Å². The number of aromatic nitrogens is 3. The van der Waals surface area contributed by atoms with Crippen molar-refractivity contribution < 1.29 is 13.6 Å². The zero-order valence-corrected chi connectivity index (χ0v) is 19.4. The summed E-state index contributed by atoms with van der Waals surface area (Å²) in [5.74, 6) is 0.440. The van der Waals surface area contributed by atoms with Crippen LogP contribution >= 0.6 is 0 Å². The Morgan fingerprint density at radius 2 is 1.89 bits per heavy atom.